The fraction of sp³-hybridized carbons (Fsp3) is 0.562. The van der Waals surface area contributed by atoms with Crippen LogP contribution in [0.25, 0.3) is 0 Å². The summed E-state index contributed by atoms with van der Waals surface area (Å²) in [6.45, 7) is 3.70. The molecule has 5 nitrogen and oxygen atoms in total. The molecule has 1 aromatic rings. The number of carbonyl (C=O) groups is 1. The average molecular weight is 292 g/mol. The molecule has 116 valence electrons. The maximum atomic E-state index is 12.2. The molecule has 1 aliphatic rings. The normalized spacial score (nSPS) is 17.9. The summed E-state index contributed by atoms with van der Waals surface area (Å²) in [5.41, 5.74) is 6.80. The zero-order valence-corrected chi connectivity index (χ0v) is 12.8. The van der Waals surface area contributed by atoms with Crippen LogP contribution in [0.1, 0.15) is 24.8 Å². The van der Waals surface area contributed by atoms with Crippen LogP contribution in [-0.2, 0) is 4.79 Å². The molecule has 21 heavy (non-hydrogen) atoms. The van der Waals surface area contributed by atoms with Crippen LogP contribution in [0.5, 0.6) is 11.5 Å². The lowest BCUT2D eigenvalue weighted by Gasteiger charge is -2.23. The topological polar surface area (TPSA) is 64.8 Å². The monoisotopic (exact) mass is 292 g/mol. The van der Waals surface area contributed by atoms with Crippen LogP contribution in [-0.4, -0.2) is 43.7 Å². The molecule has 0 bridgehead atoms. The van der Waals surface area contributed by atoms with Gasteiger partial charge in [-0.3, -0.25) is 4.79 Å². The number of hydrogen-bond donors (Lipinski definition) is 1. The number of nitrogens with zero attached hydrogens (tertiary/aromatic N) is 1. The minimum atomic E-state index is 0.119. The fourth-order valence-electron chi connectivity index (χ4n) is 2.70. The third-order valence-corrected chi connectivity index (χ3v) is 3.86. The predicted octanol–water partition coefficient (Wildman–Crippen LogP) is 1.72. The van der Waals surface area contributed by atoms with Gasteiger partial charge >= 0.3 is 0 Å². The van der Waals surface area contributed by atoms with E-state index in [1.165, 1.54) is 0 Å². The van der Waals surface area contributed by atoms with Gasteiger partial charge in [0, 0.05) is 19.1 Å². The summed E-state index contributed by atoms with van der Waals surface area (Å²) in [5.74, 6) is 1.49. The highest BCUT2D eigenvalue weighted by Gasteiger charge is 2.27. The Balaban J connectivity index is 1.85. The Morgan fingerprint density at radius 3 is 2.95 bits per heavy atom. The largest absolute Gasteiger partial charge is 0.493 e. The number of amides is 1. The van der Waals surface area contributed by atoms with Gasteiger partial charge in [0.15, 0.2) is 11.5 Å². The molecule has 0 aliphatic carbocycles. The molecule has 0 spiro atoms. The van der Waals surface area contributed by atoms with Crippen molar-refractivity contribution < 1.29 is 14.3 Å². The highest BCUT2D eigenvalue weighted by molar-refractivity contribution is 5.77. The number of carbonyl (C=O) groups excluding carboxylic acids is 1. The maximum Gasteiger partial charge on any atom is 0.226 e. The van der Waals surface area contributed by atoms with Gasteiger partial charge in [0.25, 0.3) is 0 Å². The van der Waals surface area contributed by atoms with Gasteiger partial charge in [-0.2, -0.15) is 0 Å². The highest BCUT2D eigenvalue weighted by atomic mass is 16.5. The van der Waals surface area contributed by atoms with Crippen LogP contribution < -0.4 is 15.2 Å². The fourth-order valence-corrected chi connectivity index (χ4v) is 2.70. The van der Waals surface area contributed by atoms with E-state index in [1.807, 2.05) is 30.0 Å². The summed E-state index contributed by atoms with van der Waals surface area (Å²) in [6.07, 6.45) is 2.42. The standard InChI is InChI=1S/C16H24N2O3/c1-12-5-6-14(15(10-12)20-2)21-9-7-16(19)18-8-3-4-13(18)11-17/h5-6,10,13H,3-4,7-9,11,17H2,1-2H3. The van der Waals surface area contributed by atoms with Crippen molar-refractivity contribution in [3.05, 3.63) is 23.8 Å². The summed E-state index contributed by atoms with van der Waals surface area (Å²) in [4.78, 5) is 14.1. The molecular weight excluding hydrogens is 268 g/mol. The summed E-state index contributed by atoms with van der Waals surface area (Å²) in [5, 5.41) is 0. The van der Waals surface area contributed by atoms with Gasteiger partial charge in [-0.1, -0.05) is 6.07 Å². The number of methoxy groups -OCH3 is 1. The van der Waals surface area contributed by atoms with Crippen molar-refractivity contribution in [2.75, 3.05) is 26.8 Å². The van der Waals surface area contributed by atoms with E-state index in [1.54, 1.807) is 7.11 Å². The minimum absolute atomic E-state index is 0.119. The molecule has 1 saturated heterocycles. The Morgan fingerprint density at radius 2 is 2.24 bits per heavy atom. The molecule has 1 aliphatic heterocycles. The number of benzene rings is 1. The van der Waals surface area contributed by atoms with Gasteiger partial charge in [0.2, 0.25) is 5.91 Å². The zero-order valence-electron chi connectivity index (χ0n) is 12.8. The van der Waals surface area contributed by atoms with Crippen LogP contribution in [0.15, 0.2) is 18.2 Å². The van der Waals surface area contributed by atoms with Crippen molar-refractivity contribution in [1.29, 1.82) is 0 Å². The van der Waals surface area contributed by atoms with E-state index >= 15 is 0 Å². The minimum Gasteiger partial charge on any atom is -0.493 e. The van der Waals surface area contributed by atoms with Crippen molar-refractivity contribution in [3.8, 4) is 11.5 Å². The first kappa shape index (κ1) is 15.6. The van der Waals surface area contributed by atoms with Crippen LogP contribution in [0.3, 0.4) is 0 Å². The molecule has 1 aromatic carbocycles. The SMILES string of the molecule is COc1cc(C)ccc1OCCC(=O)N1CCCC1CN. The van der Waals surface area contributed by atoms with E-state index in [2.05, 4.69) is 0 Å². The number of nitrogens with two attached hydrogens (primary N) is 1. The molecular formula is C16H24N2O3. The number of ether oxygens (including phenoxy) is 2. The van der Waals surface area contributed by atoms with E-state index in [9.17, 15) is 4.79 Å². The lowest BCUT2D eigenvalue weighted by Crippen LogP contribution is -2.40. The van der Waals surface area contributed by atoms with Gasteiger partial charge in [-0.15, -0.1) is 0 Å². The molecule has 1 atom stereocenters. The van der Waals surface area contributed by atoms with E-state index in [0.717, 1.165) is 24.9 Å². The first-order chi connectivity index (χ1) is 10.2. The number of likely N-dealkylation sites (tertiary alicyclic amines) is 1. The first-order valence-corrected chi connectivity index (χ1v) is 7.42. The quantitative estimate of drug-likeness (QED) is 0.867. The lowest BCUT2D eigenvalue weighted by atomic mass is 10.2. The van der Waals surface area contributed by atoms with Crippen molar-refractivity contribution in [2.45, 2.75) is 32.2 Å². The Labute approximate surface area is 126 Å². The molecule has 0 radical (unpaired) electrons. The second-order valence-corrected chi connectivity index (χ2v) is 5.37. The Morgan fingerprint density at radius 1 is 1.43 bits per heavy atom. The second-order valence-electron chi connectivity index (χ2n) is 5.37. The van der Waals surface area contributed by atoms with Crippen LogP contribution >= 0.6 is 0 Å². The highest BCUT2D eigenvalue weighted by Crippen LogP contribution is 2.28. The molecule has 1 heterocycles. The van der Waals surface area contributed by atoms with Gasteiger partial charge < -0.3 is 20.1 Å². The van der Waals surface area contributed by atoms with E-state index in [0.29, 0.717) is 31.1 Å². The lowest BCUT2D eigenvalue weighted by molar-refractivity contribution is -0.132. The van der Waals surface area contributed by atoms with Crippen LogP contribution in [0.4, 0.5) is 0 Å². The molecule has 0 aromatic heterocycles. The summed E-state index contributed by atoms with van der Waals surface area (Å²) < 4.78 is 11.0. The summed E-state index contributed by atoms with van der Waals surface area (Å²) in [7, 11) is 1.61. The molecule has 1 amide bonds. The predicted molar refractivity (Wildman–Crippen MR) is 81.6 cm³/mol. The third-order valence-electron chi connectivity index (χ3n) is 3.86. The second kappa shape index (κ2) is 7.31. The average Bonchev–Trinajstić information content (AvgIpc) is 2.97. The Bertz CT molecular complexity index is 490. The zero-order chi connectivity index (χ0) is 15.2. The number of rotatable bonds is 6. The molecule has 1 fully saturated rings. The molecule has 1 unspecified atom stereocenters. The summed E-state index contributed by atoms with van der Waals surface area (Å²) >= 11 is 0. The molecule has 2 rings (SSSR count). The van der Waals surface area contributed by atoms with Crippen LogP contribution in [0.2, 0.25) is 0 Å². The smallest absolute Gasteiger partial charge is 0.226 e. The van der Waals surface area contributed by atoms with Gasteiger partial charge in [-0.05, 0) is 37.5 Å². The first-order valence-electron chi connectivity index (χ1n) is 7.42. The van der Waals surface area contributed by atoms with Gasteiger partial charge in [0.05, 0.1) is 20.1 Å². The van der Waals surface area contributed by atoms with Crippen molar-refractivity contribution in [2.24, 2.45) is 5.73 Å². The van der Waals surface area contributed by atoms with E-state index in [4.69, 9.17) is 15.2 Å². The third kappa shape index (κ3) is 3.88. The van der Waals surface area contributed by atoms with Crippen LogP contribution in [0, 0.1) is 6.92 Å². The Hall–Kier alpha value is -1.75. The van der Waals surface area contributed by atoms with E-state index in [-0.39, 0.29) is 11.9 Å². The van der Waals surface area contributed by atoms with Crippen molar-refractivity contribution >= 4 is 5.91 Å². The molecule has 5 heteroatoms. The Kier molecular flexibility index (Phi) is 5.44. The summed E-state index contributed by atoms with van der Waals surface area (Å²) in [6, 6.07) is 5.95. The van der Waals surface area contributed by atoms with Gasteiger partial charge in [-0.25, -0.2) is 0 Å². The number of aryl methyl sites for hydroxylation is 1. The number of hydrogen-bond acceptors (Lipinski definition) is 4. The molecule has 0 saturated carbocycles. The van der Waals surface area contributed by atoms with E-state index < -0.39 is 0 Å². The van der Waals surface area contributed by atoms with Crippen molar-refractivity contribution in [3.63, 3.8) is 0 Å². The van der Waals surface area contributed by atoms with Gasteiger partial charge in [0.1, 0.15) is 0 Å². The molecule has 2 N–H and O–H groups in total. The van der Waals surface area contributed by atoms with Crippen molar-refractivity contribution in [1.82, 2.24) is 4.90 Å². The maximum absolute atomic E-state index is 12.2.